The van der Waals surface area contributed by atoms with E-state index in [1.807, 2.05) is 34.6 Å². The van der Waals surface area contributed by atoms with Crippen LogP contribution in [0.25, 0.3) is 0 Å². The number of carbonyl (C=O) groups excluding carboxylic acids is 1. The number of aliphatic hydroxyl groups excluding tert-OH is 1. The minimum atomic E-state index is -0.824. The fraction of sp³-hybridized carbons (Fsp3) is 0.906. The van der Waals surface area contributed by atoms with E-state index in [0.717, 1.165) is 38.5 Å². The standard InChI is InChI=1S/C32H54O7/c1-21-11-12-24(28(5,6)23(21)14-18-36-26(34)27(2,3)4)25(33)19-22-13-15-32(37-20-22)30(9)16-17-31(35-10,39-32)29(7,8)38-30/h22-25,33H,1,11-20H2,2-10H3/t22-,23+,24-,25?,30+,31+,32+/m1/s1. The third-order valence-corrected chi connectivity index (χ3v) is 10.6. The summed E-state index contributed by atoms with van der Waals surface area (Å²) < 4.78 is 31.4. The SMILES string of the molecule is C=C1CC[C@H](C(O)C[C@H]2CC[C@]3(OC2)O[C@@]2(OC)CC[C@]3(C)OC2(C)C)C(C)(C)[C@H]1CCOC(=O)C(C)(C)C. The molecule has 7 atom stereocenters. The molecule has 2 bridgehead atoms. The number of esters is 1. The Morgan fingerprint density at radius 3 is 2.36 bits per heavy atom. The maximum atomic E-state index is 12.3. The molecule has 1 spiro atoms. The summed E-state index contributed by atoms with van der Waals surface area (Å²) in [4.78, 5) is 12.3. The molecule has 0 aromatic carbocycles. The van der Waals surface area contributed by atoms with Crippen LogP contribution in [0.3, 0.4) is 0 Å². The third-order valence-electron chi connectivity index (χ3n) is 10.6. The van der Waals surface area contributed by atoms with Crippen LogP contribution in [0.4, 0.5) is 0 Å². The van der Waals surface area contributed by atoms with E-state index in [1.165, 1.54) is 5.57 Å². The van der Waals surface area contributed by atoms with Crippen LogP contribution in [0.5, 0.6) is 0 Å². The first-order chi connectivity index (χ1) is 17.9. The lowest BCUT2D eigenvalue weighted by molar-refractivity contribution is -0.525. The van der Waals surface area contributed by atoms with E-state index >= 15 is 0 Å². The zero-order chi connectivity index (χ0) is 29.1. The van der Waals surface area contributed by atoms with Crippen LogP contribution in [-0.2, 0) is 28.5 Å². The molecule has 0 amide bonds. The molecular weight excluding hydrogens is 496 g/mol. The van der Waals surface area contributed by atoms with Crippen LogP contribution in [0.1, 0.15) is 107 Å². The number of carbonyl (C=O) groups is 1. The van der Waals surface area contributed by atoms with Gasteiger partial charge in [-0.2, -0.15) is 0 Å². The Morgan fingerprint density at radius 2 is 1.79 bits per heavy atom. The number of rotatable bonds is 7. The molecule has 7 nitrogen and oxygen atoms in total. The number of ether oxygens (including phenoxy) is 5. The molecule has 4 saturated heterocycles. The molecule has 7 heteroatoms. The van der Waals surface area contributed by atoms with Crippen molar-refractivity contribution in [2.75, 3.05) is 20.3 Å². The predicted octanol–water partition coefficient (Wildman–Crippen LogP) is 6.17. The molecular formula is C32H54O7. The second kappa shape index (κ2) is 10.4. The van der Waals surface area contributed by atoms with Gasteiger partial charge in [-0.05, 0) is 103 Å². The largest absolute Gasteiger partial charge is 0.465 e. The molecule has 0 aromatic rings. The molecule has 1 aliphatic carbocycles. The van der Waals surface area contributed by atoms with E-state index in [0.29, 0.717) is 26.1 Å². The first-order valence-electron chi connectivity index (χ1n) is 15.0. The predicted molar refractivity (Wildman–Crippen MR) is 150 cm³/mol. The highest BCUT2D eigenvalue weighted by molar-refractivity contribution is 5.75. The van der Waals surface area contributed by atoms with Crippen molar-refractivity contribution in [3.8, 4) is 0 Å². The lowest BCUT2D eigenvalue weighted by atomic mass is 9.57. The summed E-state index contributed by atoms with van der Waals surface area (Å²) in [5, 5.41) is 11.5. The Kier molecular flexibility index (Phi) is 8.24. The summed E-state index contributed by atoms with van der Waals surface area (Å²) in [6, 6.07) is 0. The lowest BCUT2D eigenvalue weighted by Crippen LogP contribution is -2.78. The third kappa shape index (κ3) is 5.36. The van der Waals surface area contributed by atoms with E-state index in [9.17, 15) is 9.90 Å². The highest BCUT2D eigenvalue weighted by Gasteiger charge is 2.71. The van der Waals surface area contributed by atoms with Crippen LogP contribution in [0.15, 0.2) is 12.2 Å². The summed E-state index contributed by atoms with van der Waals surface area (Å²) in [6.07, 6.45) is 6.03. The minimum absolute atomic E-state index is 0.141. The maximum absolute atomic E-state index is 12.3. The number of hydrogen-bond donors (Lipinski definition) is 1. The number of fused-ring (bicyclic) bond motifs is 2. The molecule has 4 aliphatic heterocycles. The second-order valence-corrected chi connectivity index (χ2v) is 15.0. The van der Waals surface area contributed by atoms with Crippen molar-refractivity contribution < 1.29 is 33.6 Å². The molecule has 1 saturated carbocycles. The number of hydrogen-bond acceptors (Lipinski definition) is 7. The maximum Gasteiger partial charge on any atom is 0.311 e. The van der Waals surface area contributed by atoms with E-state index in [-0.39, 0.29) is 29.1 Å². The number of methoxy groups -OCH3 is 1. The Morgan fingerprint density at radius 1 is 1.10 bits per heavy atom. The molecule has 224 valence electrons. The van der Waals surface area contributed by atoms with Crippen LogP contribution >= 0.6 is 0 Å². The summed E-state index contributed by atoms with van der Waals surface area (Å²) >= 11 is 0. The van der Waals surface area contributed by atoms with Crippen LogP contribution < -0.4 is 0 Å². The topological polar surface area (TPSA) is 83.5 Å². The van der Waals surface area contributed by atoms with Gasteiger partial charge in [-0.15, -0.1) is 0 Å². The summed E-state index contributed by atoms with van der Waals surface area (Å²) in [5.74, 6) is -1.24. The molecule has 4 heterocycles. The molecule has 5 fully saturated rings. The van der Waals surface area contributed by atoms with Crippen molar-refractivity contribution in [2.45, 2.75) is 136 Å². The van der Waals surface area contributed by atoms with E-state index in [1.54, 1.807) is 7.11 Å². The van der Waals surface area contributed by atoms with Gasteiger partial charge in [-0.1, -0.05) is 26.0 Å². The normalized spacial score (nSPS) is 40.5. The second-order valence-electron chi connectivity index (χ2n) is 15.0. The number of aliphatic hydroxyl groups is 1. The summed E-state index contributed by atoms with van der Waals surface area (Å²) in [7, 11) is 1.69. The molecule has 1 N–H and O–H groups in total. The molecule has 0 aromatic heterocycles. The van der Waals surface area contributed by atoms with Gasteiger partial charge in [0.2, 0.25) is 5.79 Å². The van der Waals surface area contributed by atoms with Gasteiger partial charge < -0.3 is 28.8 Å². The van der Waals surface area contributed by atoms with Gasteiger partial charge in [0.15, 0.2) is 5.79 Å². The van der Waals surface area contributed by atoms with Gasteiger partial charge in [0.1, 0.15) is 11.2 Å². The number of allylic oxidation sites excluding steroid dienone is 1. The van der Waals surface area contributed by atoms with Crippen molar-refractivity contribution in [1.82, 2.24) is 0 Å². The van der Waals surface area contributed by atoms with Gasteiger partial charge in [0, 0.05) is 20.0 Å². The Hall–Kier alpha value is -0.990. The summed E-state index contributed by atoms with van der Waals surface area (Å²) in [6.45, 7) is 21.5. The Bertz CT molecular complexity index is 925. The first-order valence-corrected chi connectivity index (χ1v) is 15.0. The van der Waals surface area contributed by atoms with E-state index in [4.69, 9.17) is 23.7 Å². The summed E-state index contributed by atoms with van der Waals surface area (Å²) in [5.41, 5.74) is -0.552. The molecule has 1 unspecified atom stereocenters. The minimum Gasteiger partial charge on any atom is -0.465 e. The molecule has 0 radical (unpaired) electrons. The Balaban J connectivity index is 1.36. The van der Waals surface area contributed by atoms with E-state index in [2.05, 4.69) is 27.4 Å². The Labute approximate surface area is 236 Å². The van der Waals surface area contributed by atoms with E-state index < -0.39 is 34.3 Å². The van der Waals surface area contributed by atoms with Crippen molar-refractivity contribution in [3.05, 3.63) is 12.2 Å². The van der Waals surface area contributed by atoms with Crippen LogP contribution in [0.2, 0.25) is 0 Å². The fourth-order valence-electron chi connectivity index (χ4n) is 8.02. The highest BCUT2D eigenvalue weighted by Crippen LogP contribution is 2.60. The van der Waals surface area contributed by atoms with Gasteiger partial charge in [0.05, 0.1) is 24.7 Å². The monoisotopic (exact) mass is 550 g/mol. The molecule has 5 rings (SSSR count). The van der Waals surface area contributed by atoms with Crippen molar-refractivity contribution in [1.29, 1.82) is 0 Å². The fourth-order valence-corrected chi connectivity index (χ4v) is 8.02. The highest BCUT2D eigenvalue weighted by atomic mass is 16.8. The average molecular weight is 551 g/mol. The van der Waals surface area contributed by atoms with Gasteiger partial charge in [-0.3, -0.25) is 4.79 Å². The van der Waals surface area contributed by atoms with Crippen molar-refractivity contribution in [2.24, 2.45) is 28.6 Å². The van der Waals surface area contributed by atoms with Crippen LogP contribution in [0, 0.1) is 28.6 Å². The zero-order valence-electron chi connectivity index (χ0n) is 26.0. The first kappa shape index (κ1) is 31.0. The zero-order valence-corrected chi connectivity index (χ0v) is 26.0. The van der Waals surface area contributed by atoms with Gasteiger partial charge in [0.25, 0.3) is 0 Å². The molecule has 5 aliphatic rings. The van der Waals surface area contributed by atoms with Crippen molar-refractivity contribution >= 4 is 5.97 Å². The average Bonchev–Trinajstić information content (AvgIpc) is 2.82. The van der Waals surface area contributed by atoms with Crippen molar-refractivity contribution in [3.63, 3.8) is 0 Å². The van der Waals surface area contributed by atoms with Crippen LogP contribution in [-0.4, -0.2) is 60.3 Å². The molecule has 39 heavy (non-hydrogen) atoms. The van der Waals surface area contributed by atoms with Gasteiger partial charge >= 0.3 is 5.97 Å². The van der Waals surface area contributed by atoms with Gasteiger partial charge in [-0.25, -0.2) is 0 Å². The quantitative estimate of drug-likeness (QED) is 0.300. The smallest absolute Gasteiger partial charge is 0.311 e. The lowest BCUT2D eigenvalue weighted by Gasteiger charge is -2.67.